The van der Waals surface area contributed by atoms with Crippen molar-refractivity contribution in [3.8, 4) is 11.5 Å². The first kappa shape index (κ1) is 14.8. The zero-order valence-corrected chi connectivity index (χ0v) is 11.9. The van der Waals surface area contributed by atoms with Crippen LogP contribution in [0.3, 0.4) is 0 Å². The lowest BCUT2D eigenvalue weighted by atomic mass is 10.1. The number of carbonyl (C=O) groups is 1. The molecule has 0 saturated heterocycles. The molecule has 21 heavy (non-hydrogen) atoms. The van der Waals surface area contributed by atoms with Crippen molar-refractivity contribution in [2.75, 3.05) is 19.5 Å². The van der Waals surface area contributed by atoms with E-state index in [1.54, 1.807) is 36.4 Å². The molecule has 0 heterocycles. The SMILES string of the molecule is COc1ccc(OC)c(NC(=O)Cc2ccccc2F)c1. The van der Waals surface area contributed by atoms with Gasteiger partial charge in [-0.2, -0.15) is 0 Å². The van der Waals surface area contributed by atoms with Gasteiger partial charge in [0.15, 0.2) is 0 Å². The van der Waals surface area contributed by atoms with Crippen LogP contribution in [0.1, 0.15) is 5.56 Å². The third-order valence-electron chi connectivity index (χ3n) is 2.99. The second kappa shape index (κ2) is 6.74. The fourth-order valence-electron chi connectivity index (χ4n) is 1.92. The lowest BCUT2D eigenvalue weighted by Gasteiger charge is -2.12. The molecule has 0 aromatic heterocycles. The molecule has 0 saturated carbocycles. The van der Waals surface area contributed by atoms with Gasteiger partial charge in [-0.05, 0) is 23.8 Å². The minimum Gasteiger partial charge on any atom is -0.497 e. The van der Waals surface area contributed by atoms with Crippen LogP contribution in [0, 0.1) is 5.82 Å². The summed E-state index contributed by atoms with van der Waals surface area (Å²) in [5.74, 6) is 0.381. The summed E-state index contributed by atoms with van der Waals surface area (Å²) in [7, 11) is 3.04. The molecule has 0 bridgehead atoms. The number of ether oxygens (including phenoxy) is 2. The summed E-state index contributed by atoms with van der Waals surface area (Å²) in [5, 5.41) is 2.70. The van der Waals surface area contributed by atoms with Crippen LogP contribution in [0.4, 0.5) is 10.1 Å². The van der Waals surface area contributed by atoms with Gasteiger partial charge >= 0.3 is 0 Å². The van der Waals surface area contributed by atoms with E-state index in [1.165, 1.54) is 20.3 Å². The molecule has 0 aliphatic carbocycles. The van der Waals surface area contributed by atoms with Crippen LogP contribution < -0.4 is 14.8 Å². The van der Waals surface area contributed by atoms with Gasteiger partial charge in [-0.3, -0.25) is 4.79 Å². The van der Waals surface area contributed by atoms with Crippen LogP contribution in [0.25, 0.3) is 0 Å². The van der Waals surface area contributed by atoms with E-state index in [4.69, 9.17) is 9.47 Å². The number of anilines is 1. The third-order valence-corrected chi connectivity index (χ3v) is 2.99. The number of hydrogen-bond acceptors (Lipinski definition) is 3. The Morgan fingerprint density at radius 2 is 1.90 bits per heavy atom. The van der Waals surface area contributed by atoms with E-state index in [-0.39, 0.29) is 12.3 Å². The van der Waals surface area contributed by atoms with Gasteiger partial charge in [0.05, 0.1) is 26.3 Å². The summed E-state index contributed by atoms with van der Waals surface area (Å²) < 4.78 is 23.8. The van der Waals surface area contributed by atoms with Crippen molar-refractivity contribution in [2.45, 2.75) is 6.42 Å². The lowest BCUT2D eigenvalue weighted by Crippen LogP contribution is -2.15. The first-order valence-electron chi connectivity index (χ1n) is 6.39. The molecule has 0 aliphatic rings. The highest BCUT2D eigenvalue weighted by atomic mass is 19.1. The number of amides is 1. The Labute approximate surface area is 122 Å². The molecule has 0 spiro atoms. The molecule has 2 aromatic rings. The normalized spacial score (nSPS) is 10.0. The fraction of sp³-hybridized carbons (Fsp3) is 0.188. The Hall–Kier alpha value is -2.56. The summed E-state index contributed by atoms with van der Waals surface area (Å²) >= 11 is 0. The number of carbonyl (C=O) groups excluding carboxylic acids is 1. The maximum absolute atomic E-state index is 13.5. The average molecular weight is 289 g/mol. The number of rotatable bonds is 5. The molecule has 2 aromatic carbocycles. The largest absolute Gasteiger partial charge is 0.497 e. The monoisotopic (exact) mass is 289 g/mol. The van der Waals surface area contributed by atoms with E-state index in [1.807, 2.05) is 0 Å². The van der Waals surface area contributed by atoms with Crippen molar-refractivity contribution in [3.05, 3.63) is 53.8 Å². The predicted octanol–water partition coefficient (Wildman–Crippen LogP) is 3.02. The summed E-state index contributed by atoms with van der Waals surface area (Å²) in [6, 6.07) is 11.3. The number of benzene rings is 2. The topological polar surface area (TPSA) is 47.6 Å². The molecular formula is C16H16FNO3. The zero-order chi connectivity index (χ0) is 15.2. The standard InChI is InChI=1S/C16H16FNO3/c1-20-12-7-8-15(21-2)14(10-12)18-16(19)9-11-5-3-4-6-13(11)17/h3-8,10H,9H2,1-2H3,(H,18,19). The van der Waals surface area contributed by atoms with E-state index in [0.717, 1.165) is 0 Å². The zero-order valence-electron chi connectivity index (χ0n) is 11.9. The first-order chi connectivity index (χ1) is 10.1. The molecule has 0 unspecified atom stereocenters. The predicted molar refractivity (Wildman–Crippen MR) is 78.3 cm³/mol. The Kier molecular flexibility index (Phi) is 4.77. The van der Waals surface area contributed by atoms with E-state index in [0.29, 0.717) is 22.7 Å². The Balaban J connectivity index is 2.14. The van der Waals surface area contributed by atoms with Gasteiger partial charge in [0.25, 0.3) is 0 Å². The quantitative estimate of drug-likeness (QED) is 0.920. The van der Waals surface area contributed by atoms with Crippen molar-refractivity contribution in [2.24, 2.45) is 0 Å². The van der Waals surface area contributed by atoms with Gasteiger partial charge in [0.2, 0.25) is 5.91 Å². The molecule has 0 aliphatic heterocycles. The van der Waals surface area contributed by atoms with Gasteiger partial charge in [-0.25, -0.2) is 4.39 Å². The van der Waals surface area contributed by atoms with Gasteiger partial charge in [-0.1, -0.05) is 18.2 Å². The smallest absolute Gasteiger partial charge is 0.229 e. The minimum absolute atomic E-state index is 0.0486. The third kappa shape index (κ3) is 3.72. The second-order valence-corrected chi connectivity index (χ2v) is 4.38. The first-order valence-corrected chi connectivity index (χ1v) is 6.39. The average Bonchev–Trinajstić information content (AvgIpc) is 2.49. The van der Waals surface area contributed by atoms with Crippen LogP contribution in [0.2, 0.25) is 0 Å². The Morgan fingerprint density at radius 1 is 1.14 bits per heavy atom. The van der Waals surface area contributed by atoms with Crippen molar-refractivity contribution >= 4 is 11.6 Å². The number of nitrogens with one attached hydrogen (secondary N) is 1. The molecule has 0 atom stereocenters. The maximum atomic E-state index is 13.5. The summed E-state index contributed by atoms with van der Waals surface area (Å²) in [5.41, 5.74) is 0.829. The maximum Gasteiger partial charge on any atom is 0.229 e. The summed E-state index contributed by atoms with van der Waals surface area (Å²) in [6.45, 7) is 0. The highest BCUT2D eigenvalue weighted by molar-refractivity contribution is 5.94. The summed E-state index contributed by atoms with van der Waals surface area (Å²) in [6.07, 6.45) is -0.0486. The van der Waals surface area contributed by atoms with E-state index >= 15 is 0 Å². The van der Waals surface area contributed by atoms with E-state index in [9.17, 15) is 9.18 Å². The van der Waals surface area contributed by atoms with Crippen molar-refractivity contribution in [3.63, 3.8) is 0 Å². The van der Waals surface area contributed by atoms with Crippen LogP contribution in [0.15, 0.2) is 42.5 Å². The van der Waals surface area contributed by atoms with Gasteiger partial charge in [0.1, 0.15) is 17.3 Å². The number of halogens is 1. The molecule has 110 valence electrons. The molecule has 1 amide bonds. The van der Waals surface area contributed by atoms with Crippen LogP contribution in [-0.4, -0.2) is 20.1 Å². The number of methoxy groups -OCH3 is 2. The van der Waals surface area contributed by atoms with Crippen LogP contribution in [-0.2, 0) is 11.2 Å². The van der Waals surface area contributed by atoms with Gasteiger partial charge in [0, 0.05) is 6.07 Å². The van der Waals surface area contributed by atoms with Crippen molar-refractivity contribution < 1.29 is 18.7 Å². The van der Waals surface area contributed by atoms with E-state index < -0.39 is 5.82 Å². The molecular weight excluding hydrogens is 273 g/mol. The highest BCUT2D eigenvalue weighted by Crippen LogP contribution is 2.29. The van der Waals surface area contributed by atoms with Crippen LogP contribution in [0.5, 0.6) is 11.5 Å². The van der Waals surface area contributed by atoms with Crippen molar-refractivity contribution in [1.82, 2.24) is 0 Å². The molecule has 5 heteroatoms. The molecule has 0 fully saturated rings. The van der Waals surface area contributed by atoms with Gasteiger partial charge < -0.3 is 14.8 Å². The molecule has 4 nitrogen and oxygen atoms in total. The van der Waals surface area contributed by atoms with Crippen LogP contribution >= 0.6 is 0 Å². The lowest BCUT2D eigenvalue weighted by molar-refractivity contribution is -0.115. The fourth-order valence-corrected chi connectivity index (χ4v) is 1.92. The number of hydrogen-bond donors (Lipinski definition) is 1. The molecule has 2 rings (SSSR count). The Bertz CT molecular complexity index is 643. The second-order valence-electron chi connectivity index (χ2n) is 4.38. The molecule has 1 N–H and O–H groups in total. The molecule has 0 radical (unpaired) electrons. The van der Waals surface area contributed by atoms with Gasteiger partial charge in [-0.15, -0.1) is 0 Å². The van der Waals surface area contributed by atoms with Crippen molar-refractivity contribution in [1.29, 1.82) is 0 Å². The summed E-state index contributed by atoms with van der Waals surface area (Å²) in [4.78, 5) is 12.0. The van der Waals surface area contributed by atoms with E-state index in [2.05, 4.69) is 5.32 Å². The minimum atomic E-state index is -0.398. The highest BCUT2D eigenvalue weighted by Gasteiger charge is 2.11. The Morgan fingerprint density at radius 3 is 2.57 bits per heavy atom.